The molecule has 0 amide bonds. The van der Waals surface area contributed by atoms with E-state index in [4.69, 9.17) is 9.47 Å². The zero-order chi connectivity index (χ0) is 18.9. The van der Waals surface area contributed by atoms with Gasteiger partial charge < -0.3 is 19.5 Å². The summed E-state index contributed by atoms with van der Waals surface area (Å²) >= 11 is 0. The van der Waals surface area contributed by atoms with Crippen LogP contribution in [0.3, 0.4) is 0 Å². The Bertz CT molecular complexity index is 653. The van der Waals surface area contributed by atoms with Gasteiger partial charge in [-0.15, -0.1) is 0 Å². The summed E-state index contributed by atoms with van der Waals surface area (Å²) in [5, 5.41) is 11.2. The van der Waals surface area contributed by atoms with Gasteiger partial charge >= 0.3 is 0 Å². The third-order valence-electron chi connectivity index (χ3n) is 5.31. The molecule has 1 heterocycles. The second-order valence-electron chi connectivity index (χ2n) is 7.30. The topological polar surface area (TPSA) is 43.1 Å². The lowest BCUT2D eigenvalue weighted by molar-refractivity contribution is -0.909. The lowest BCUT2D eigenvalue weighted by Gasteiger charge is -2.30. The minimum absolute atomic E-state index is 0.0613. The Labute approximate surface area is 162 Å². The molecule has 0 aliphatic carbocycles. The van der Waals surface area contributed by atoms with Crippen LogP contribution in [-0.2, 0) is 4.74 Å². The number of aliphatic hydroxyl groups is 1. The fourth-order valence-corrected chi connectivity index (χ4v) is 3.62. The number of unbranched alkanes of at least 4 members (excludes halogenated alkanes) is 1. The fraction of sp³-hybridized carbons (Fsp3) is 0.478. The van der Waals surface area contributed by atoms with E-state index in [1.807, 2.05) is 42.5 Å². The maximum absolute atomic E-state index is 11.2. The molecule has 146 valence electrons. The molecule has 2 atom stereocenters. The van der Waals surface area contributed by atoms with E-state index in [1.165, 1.54) is 10.5 Å². The summed E-state index contributed by atoms with van der Waals surface area (Å²) in [6.45, 7) is 7.41. The first kappa shape index (κ1) is 19.9. The quantitative estimate of drug-likeness (QED) is 0.667. The van der Waals surface area contributed by atoms with Gasteiger partial charge in [0.1, 0.15) is 18.8 Å². The van der Waals surface area contributed by atoms with Crippen LogP contribution in [0.1, 0.15) is 42.9 Å². The molecule has 4 heteroatoms. The molecule has 3 rings (SSSR count). The third-order valence-corrected chi connectivity index (χ3v) is 5.31. The Morgan fingerprint density at radius 3 is 2.37 bits per heavy atom. The van der Waals surface area contributed by atoms with Gasteiger partial charge in [-0.25, -0.2) is 0 Å². The number of nitrogens with one attached hydrogen (secondary N) is 1. The van der Waals surface area contributed by atoms with E-state index >= 15 is 0 Å². The highest BCUT2D eigenvalue weighted by Crippen LogP contribution is 2.31. The summed E-state index contributed by atoms with van der Waals surface area (Å²) in [5.41, 5.74) is 2.13. The lowest BCUT2D eigenvalue weighted by Crippen LogP contribution is -3.14. The Hall–Kier alpha value is -1.88. The number of hydrogen-bond acceptors (Lipinski definition) is 3. The highest BCUT2D eigenvalue weighted by atomic mass is 16.5. The SMILES string of the molecule is CCCCOc1ccc([C@H](O)[C@@H](C[NH+]2CCOCC2)c2ccccc2)cc1. The minimum atomic E-state index is -0.535. The van der Waals surface area contributed by atoms with E-state index in [1.54, 1.807) is 0 Å². The van der Waals surface area contributed by atoms with Crippen LogP contribution >= 0.6 is 0 Å². The number of ether oxygens (including phenoxy) is 2. The van der Waals surface area contributed by atoms with Gasteiger partial charge in [0.25, 0.3) is 0 Å². The van der Waals surface area contributed by atoms with Crippen molar-refractivity contribution in [2.24, 2.45) is 0 Å². The van der Waals surface area contributed by atoms with Gasteiger partial charge in [-0.3, -0.25) is 0 Å². The molecule has 1 fully saturated rings. The molecule has 27 heavy (non-hydrogen) atoms. The van der Waals surface area contributed by atoms with Crippen LogP contribution in [0.15, 0.2) is 54.6 Å². The largest absolute Gasteiger partial charge is 0.494 e. The molecular weight excluding hydrogens is 338 g/mol. The number of aliphatic hydroxyl groups excluding tert-OH is 1. The standard InChI is InChI=1S/C23H31NO3/c1-2-3-15-27-21-11-9-20(10-12-21)23(25)22(19-7-5-4-6-8-19)18-24-13-16-26-17-14-24/h4-12,22-23,25H,2-3,13-18H2,1H3/p+1/t22-,23-/m0/s1. The van der Waals surface area contributed by atoms with Gasteiger partial charge in [0.2, 0.25) is 0 Å². The van der Waals surface area contributed by atoms with Crippen LogP contribution in [0.25, 0.3) is 0 Å². The monoisotopic (exact) mass is 370 g/mol. The van der Waals surface area contributed by atoms with E-state index in [9.17, 15) is 5.11 Å². The molecule has 2 N–H and O–H groups in total. The van der Waals surface area contributed by atoms with Crippen molar-refractivity contribution in [2.45, 2.75) is 31.8 Å². The predicted octanol–water partition coefficient (Wildman–Crippen LogP) is 2.60. The van der Waals surface area contributed by atoms with Crippen molar-refractivity contribution in [3.8, 4) is 5.75 Å². The molecule has 0 spiro atoms. The van der Waals surface area contributed by atoms with Crippen molar-refractivity contribution < 1.29 is 19.5 Å². The molecule has 1 aliphatic heterocycles. The van der Waals surface area contributed by atoms with E-state index < -0.39 is 6.10 Å². The maximum Gasteiger partial charge on any atom is 0.119 e. The van der Waals surface area contributed by atoms with E-state index in [0.717, 1.165) is 63.6 Å². The Balaban J connectivity index is 1.72. The van der Waals surface area contributed by atoms with Crippen molar-refractivity contribution in [3.05, 3.63) is 65.7 Å². The molecule has 0 saturated carbocycles. The highest BCUT2D eigenvalue weighted by Gasteiger charge is 2.28. The van der Waals surface area contributed by atoms with Crippen LogP contribution in [0, 0.1) is 0 Å². The molecule has 0 aromatic heterocycles. The molecule has 1 saturated heterocycles. The Kier molecular flexibility index (Phi) is 7.69. The first-order valence-electron chi connectivity index (χ1n) is 10.1. The minimum Gasteiger partial charge on any atom is -0.494 e. The predicted molar refractivity (Wildman–Crippen MR) is 107 cm³/mol. The molecule has 0 radical (unpaired) electrons. The number of hydrogen-bond donors (Lipinski definition) is 2. The van der Waals surface area contributed by atoms with Gasteiger partial charge in [-0.2, -0.15) is 0 Å². The Morgan fingerprint density at radius 2 is 1.70 bits per heavy atom. The van der Waals surface area contributed by atoms with Gasteiger partial charge in [0.05, 0.1) is 38.4 Å². The molecule has 2 aromatic rings. The summed E-state index contributed by atoms with van der Waals surface area (Å²) in [6.07, 6.45) is 1.65. The average Bonchev–Trinajstić information content (AvgIpc) is 2.74. The smallest absolute Gasteiger partial charge is 0.119 e. The molecule has 1 aliphatic rings. The second kappa shape index (κ2) is 10.5. The zero-order valence-electron chi connectivity index (χ0n) is 16.3. The fourth-order valence-electron chi connectivity index (χ4n) is 3.62. The van der Waals surface area contributed by atoms with Crippen LogP contribution < -0.4 is 9.64 Å². The van der Waals surface area contributed by atoms with Crippen molar-refractivity contribution in [1.29, 1.82) is 0 Å². The number of benzene rings is 2. The summed E-state index contributed by atoms with van der Waals surface area (Å²) < 4.78 is 11.2. The second-order valence-corrected chi connectivity index (χ2v) is 7.30. The van der Waals surface area contributed by atoms with Crippen LogP contribution in [0.5, 0.6) is 5.75 Å². The maximum atomic E-state index is 11.2. The van der Waals surface area contributed by atoms with E-state index in [2.05, 4.69) is 19.1 Å². The van der Waals surface area contributed by atoms with Gasteiger partial charge in [-0.1, -0.05) is 55.8 Å². The third kappa shape index (κ3) is 5.80. The normalized spacial score (nSPS) is 17.4. The van der Waals surface area contributed by atoms with E-state index in [0.29, 0.717) is 0 Å². The average molecular weight is 371 g/mol. The van der Waals surface area contributed by atoms with Crippen molar-refractivity contribution in [3.63, 3.8) is 0 Å². The molecule has 0 bridgehead atoms. The van der Waals surface area contributed by atoms with Gasteiger partial charge in [-0.05, 0) is 29.7 Å². The summed E-state index contributed by atoms with van der Waals surface area (Å²) in [7, 11) is 0. The van der Waals surface area contributed by atoms with Crippen LogP contribution in [-0.4, -0.2) is 44.6 Å². The summed E-state index contributed by atoms with van der Waals surface area (Å²) in [5.74, 6) is 0.931. The van der Waals surface area contributed by atoms with Crippen LogP contribution in [0.4, 0.5) is 0 Å². The number of rotatable bonds is 9. The van der Waals surface area contributed by atoms with Crippen molar-refractivity contribution >= 4 is 0 Å². The Morgan fingerprint density at radius 1 is 1.00 bits per heavy atom. The zero-order valence-corrected chi connectivity index (χ0v) is 16.3. The molecular formula is C23H32NO3+. The highest BCUT2D eigenvalue weighted by molar-refractivity contribution is 5.31. The number of quaternary nitrogens is 1. The molecule has 0 unspecified atom stereocenters. The molecule has 4 nitrogen and oxygen atoms in total. The summed E-state index contributed by atoms with van der Waals surface area (Å²) in [6, 6.07) is 18.3. The van der Waals surface area contributed by atoms with Crippen molar-refractivity contribution in [2.75, 3.05) is 39.5 Å². The van der Waals surface area contributed by atoms with Gasteiger partial charge in [0, 0.05) is 0 Å². The van der Waals surface area contributed by atoms with E-state index in [-0.39, 0.29) is 5.92 Å². The molecule has 2 aromatic carbocycles. The van der Waals surface area contributed by atoms with Crippen molar-refractivity contribution in [1.82, 2.24) is 0 Å². The first-order chi connectivity index (χ1) is 13.3. The van der Waals surface area contributed by atoms with Gasteiger partial charge in [0.15, 0.2) is 0 Å². The lowest BCUT2D eigenvalue weighted by atomic mass is 9.88. The summed E-state index contributed by atoms with van der Waals surface area (Å²) in [4.78, 5) is 1.49. The first-order valence-corrected chi connectivity index (χ1v) is 10.1. The number of morpholine rings is 1. The van der Waals surface area contributed by atoms with Crippen LogP contribution in [0.2, 0.25) is 0 Å².